The van der Waals surface area contributed by atoms with Crippen molar-refractivity contribution in [1.29, 1.82) is 0 Å². The van der Waals surface area contributed by atoms with Gasteiger partial charge in [-0.15, -0.1) is 11.6 Å². The first-order valence-corrected chi connectivity index (χ1v) is 6.38. The maximum absolute atomic E-state index is 13.8. The first kappa shape index (κ1) is 13.1. The van der Waals surface area contributed by atoms with Crippen LogP contribution in [0.5, 0.6) is 0 Å². The maximum atomic E-state index is 13.8. The molecule has 4 nitrogen and oxygen atoms in total. The van der Waals surface area contributed by atoms with Crippen LogP contribution in [0.2, 0.25) is 0 Å². The summed E-state index contributed by atoms with van der Waals surface area (Å²) in [5.74, 6) is -0.382. The number of imidazole rings is 1. The summed E-state index contributed by atoms with van der Waals surface area (Å²) in [7, 11) is 0. The third kappa shape index (κ3) is 2.16. The van der Waals surface area contributed by atoms with Gasteiger partial charge in [0, 0.05) is 12.1 Å². The molecule has 2 aromatic heterocycles. The maximum Gasteiger partial charge on any atom is 0.156 e. The van der Waals surface area contributed by atoms with Crippen molar-refractivity contribution in [1.82, 2.24) is 14.7 Å². The zero-order valence-electron chi connectivity index (χ0n) is 10.5. The van der Waals surface area contributed by atoms with Gasteiger partial charge in [0.05, 0.1) is 23.6 Å². The average molecular weight is 298 g/mol. The van der Waals surface area contributed by atoms with Crippen LogP contribution in [0.3, 0.4) is 0 Å². The minimum absolute atomic E-state index is 0.0911. The van der Waals surface area contributed by atoms with E-state index < -0.39 is 17.0 Å². The molecule has 3 aromatic rings. The van der Waals surface area contributed by atoms with Crippen LogP contribution in [0.1, 0.15) is 23.9 Å². The Bertz CT molecular complexity index is 753. The number of benzene rings is 1. The van der Waals surface area contributed by atoms with Gasteiger partial charge in [0.1, 0.15) is 17.2 Å². The van der Waals surface area contributed by atoms with Crippen LogP contribution in [-0.4, -0.2) is 14.7 Å². The second kappa shape index (κ2) is 4.86. The van der Waals surface area contributed by atoms with E-state index in [2.05, 4.69) is 10.1 Å². The third-order valence-corrected chi connectivity index (χ3v) is 3.16. The number of aromatic nitrogens is 3. The molecule has 1 aromatic carbocycles. The Morgan fingerprint density at radius 2 is 2.20 bits per heavy atom. The van der Waals surface area contributed by atoms with Crippen LogP contribution in [0.4, 0.5) is 8.78 Å². The molecule has 0 bridgehead atoms. The molecule has 0 aliphatic heterocycles. The molecule has 0 saturated carbocycles. The van der Waals surface area contributed by atoms with Crippen molar-refractivity contribution in [2.75, 3.05) is 0 Å². The van der Waals surface area contributed by atoms with Gasteiger partial charge >= 0.3 is 0 Å². The van der Waals surface area contributed by atoms with E-state index in [-0.39, 0.29) is 12.1 Å². The normalized spacial score (nSPS) is 13.0. The van der Waals surface area contributed by atoms with Crippen LogP contribution >= 0.6 is 11.6 Å². The lowest BCUT2D eigenvalue weighted by Gasteiger charge is -2.08. The lowest BCUT2D eigenvalue weighted by atomic mass is 10.3. The van der Waals surface area contributed by atoms with E-state index >= 15 is 0 Å². The van der Waals surface area contributed by atoms with Crippen molar-refractivity contribution in [3.8, 4) is 0 Å². The van der Waals surface area contributed by atoms with Crippen molar-refractivity contribution in [3.05, 3.63) is 47.6 Å². The van der Waals surface area contributed by atoms with Gasteiger partial charge in [0.15, 0.2) is 11.6 Å². The number of nitrogens with zero attached hydrogens (tertiary/aromatic N) is 3. The number of halogens is 3. The summed E-state index contributed by atoms with van der Waals surface area (Å²) in [6.45, 7) is 1.97. The fourth-order valence-corrected chi connectivity index (χ4v) is 2.28. The second-order valence-corrected chi connectivity index (χ2v) is 5.06. The van der Waals surface area contributed by atoms with Crippen LogP contribution < -0.4 is 0 Å². The van der Waals surface area contributed by atoms with Gasteiger partial charge in [-0.25, -0.2) is 13.8 Å². The summed E-state index contributed by atoms with van der Waals surface area (Å²) in [5, 5.41) is 3.15. The predicted molar refractivity (Wildman–Crippen MR) is 69.5 cm³/mol. The molecule has 7 heteroatoms. The lowest BCUT2D eigenvalue weighted by molar-refractivity contribution is 0.376. The summed E-state index contributed by atoms with van der Waals surface area (Å²) >= 11 is 6.07. The highest BCUT2D eigenvalue weighted by atomic mass is 35.5. The topological polar surface area (TPSA) is 43.9 Å². The molecule has 2 heterocycles. The number of rotatable bonds is 3. The standard InChI is InChI=1S/C13H10ClF2N3O/c1-7(14)13-18-12-10(16)4-8(15)5-11(12)19(13)6-9-2-3-17-20-9/h2-5,7H,6H2,1H3. The highest BCUT2D eigenvalue weighted by Gasteiger charge is 2.19. The molecule has 0 amide bonds. The fourth-order valence-electron chi connectivity index (χ4n) is 2.12. The molecule has 20 heavy (non-hydrogen) atoms. The van der Waals surface area contributed by atoms with Crippen LogP contribution in [-0.2, 0) is 6.54 Å². The minimum Gasteiger partial charge on any atom is -0.359 e. The number of hydrogen-bond donors (Lipinski definition) is 0. The monoisotopic (exact) mass is 297 g/mol. The van der Waals surface area contributed by atoms with E-state index in [4.69, 9.17) is 16.1 Å². The van der Waals surface area contributed by atoms with Crippen molar-refractivity contribution in [2.24, 2.45) is 0 Å². The van der Waals surface area contributed by atoms with E-state index in [1.54, 1.807) is 17.6 Å². The highest BCUT2D eigenvalue weighted by molar-refractivity contribution is 6.20. The molecular weight excluding hydrogens is 288 g/mol. The van der Waals surface area contributed by atoms with Crippen molar-refractivity contribution < 1.29 is 13.3 Å². The summed E-state index contributed by atoms with van der Waals surface area (Å²) in [4.78, 5) is 4.16. The van der Waals surface area contributed by atoms with E-state index in [0.29, 0.717) is 17.1 Å². The van der Waals surface area contributed by atoms with E-state index in [1.165, 1.54) is 12.3 Å². The summed E-state index contributed by atoms with van der Waals surface area (Å²) < 4.78 is 33.9. The number of alkyl halides is 1. The van der Waals surface area contributed by atoms with Gasteiger partial charge in [-0.05, 0) is 13.0 Å². The Balaban J connectivity index is 2.23. The molecule has 0 N–H and O–H groups in total. The van der Waals surface area contributed by atoms with Gasteiger partial charge in [-0.2, -0.15) is 0 Å². The highest BCUT2D eigenvalue weighted by Crippen LogP contribution is 2.27. The SMILES string of the molecule is CC(Cl)c1nc2c(F)cc(F)cc2n1Cc1ccno1. The Kier molecular flexibility index (Phi) is 3.17. The van der Waals surface area contributed by atoms with Gasteiger partial charge in [-0.1, -0.05) is 5.16 Å². The summed E-state index contributed by atoms with van der Waals surface area (Å²) in [6.07, 6.45) is 1.50. The van der Waals surface area contributed by atoms with Gasteiger partial charge in [0.25, 0.3) is 0 Å². The summed E-state index contributed by atoms with van der Waals surface area (Å²) in [6, 6.07) is 3.70. The van der Waals surface area contributed by atoms with Crippen molar-refractivity contribution in [2.45, 2.75) is 18.8 Å². The molecule has 0 fully saturated rings. The van der Waals surface area contributed by atoms with Gasteiger partial charge < -0.3 is 9.09 Å². The third-order valence-electron chi connectivity index (χ3n) is 2.96. The molecule has 1 atom stereocenters. The molecule has 104 valence electrons. The Labute approximate surface area is 118 Å². The zero-order valence-corrected chi connectivity index (χ0v) is 11.2. The molecule has 0 saturated heterocycles. The molecule has 1 unspecified atom stereocenters. The van der Waals surface area contributed by atoms with E-state index in [1.807, 2.05) is 0 Å². The van der Waals surface area contributed by atoms with Crippen LogP contribution in [0, 0.1) is 11.6 Å². The first-order valence-electron chi connectivity index (χ1n) is 5.95. The predicted octanol–water partition coefficient (Wildman–Crippen LogP) is 3.65. The molecule has 0 spiro atoms. The lowest BCUT2D eigenvalue weighted by Crippen LogP contribution is -2.05. The summed E-state index contributed by atoms with van der Waals surface area (Å²) in [5.41, 5.74) is 0.426. The van der Waals surface area contributed by atoms with Crippen LogP contribution in [0.25, 0.3) is 11.0 Å². The van der Waals surface area contributed by atoms with Crippen molar-refractivity contribution in [3.63, 3.8) is 0 Å². The smallest absolute Gasteiger partial charge is 0.156 e. The Morgan fingerprint density at radius 1 is 1.40 bits per heavy atom. The van der Waals surface area contributed by atoms with E-state index in [9.17, 15) is 8.78 Å². The van der Waals surface area contributed by atoms with Gasteiger partial charge in [0.2, 0.25) is 0 Å². The average Bonchev–Trinajstić information content (AvgIpc) is 2.98. The molecule has 0 aliphatic rings. The molecule has 0 aliphatic carbocycles. The molecular formula is C13H10ClF2N3O. The largest absolute Gasteiger partial charge is 0.359 e. The number of hydrogen-bond acceptors (Lipinski definition) is 3. The Morgan fingerprint density at radius 3 is 2.85 bits per heavy atom. The van der Waals surface area contributed by atoms with Crippen molar-refractivity contribution >= 4 is 22.6 Å². The van der Waals surface area contributed by atoms with Crippen LogP contribution in [0.15, 0.2) is 28.9 Å². The van der Waals surface area contributed by atoms with Gasteiger partial charge in [-0.3, -0.25) is 0 Å². The zero-order chi connectivity index (χ0) is 14.3. The first-order chi connectivity index (χ1) is 9.56. The second-order valence-electron chi connectivity index (χ2n) is 4.41. The Hall–Kier alpha value is -1.95. The molecule has 3 rings (SSSR count). The fraction of sp³-hybridized carbons (Fsp3) is 0.231. The quantitative estimate of drug-likeness (QED) is 0.693. The minimum atomic E-state index is -0.713. The number of fused-ring (bicyclic) bond motifs is 1. The van der Waals surface area contributed by atoms with E-state index in [0.717, 1.165) is 6.07 Å². The molecule has 0 radical (unpaired) electrons.